The van der Waals surface area contributed by atoms with E-state index in [0.29, 0.717) is 22.9 Å². The summed E-state index contributed by atoms with van der Waals surface area (Å²) in [5, 5.41) is 10.8. The van der Waals surface area contributed by atoms with Gasteiger partial charge < -0.3 is 24.2 Å². The maximum Gasteiger partial charge on any atom is 0.332 e. The topological polar surface area (TPSA) is 97.8 Å². The number of piperazine rings is 1. The zero-order valence-corrected chi connectivity index (χ0v) is 19.7. The summed E-state index contributed by atoms with van der Waals surface area (Å²) in [6.07, 6.45) is -0.875. The molecule has 2 aromatic heterocycles. The van der Waals surface area contributed by atoms with E-state index in [1.165, 1.54) is 11.6 Å². The van der Waals surface area contributed by atoms with Crippen LogP contribution in [-0.4, -0.2) is 74.1 Å². The van der Waals surface area contributed by atoms with E-state index < -0.39 is 17.4 Å². The first-order valence-electron chi connectivity index (χ1n) is 11.3. The fourth-order valence-corrected chi connectivity index (χ4v) is 4.27. The molecule has 1 N–H and O–H groups in total. The fourth-order valence-electron chi connectivity index (χ4n) is 4.27. The number of hydrogen-bond donors (Lipinski definition) is 1. The molecular formula is C23H32N6O4. The van der Waals surface area contributed by atoms with Crippen molar-refractivity contribution in [2.75, 3.05) is 44.2 Å². The van der Waals surface area contributed by atoms with Crippen molar-refractivity contribution < 1.29 is 9.84 Å². The zero-order valence-electron chi connectivity index (χ0n) is 19.7. The summed E-state index contributed by atoms with van der Waals surface area (Å²) in [6.45, 7) is 8.56. The molecule has 4 rings (SSSR count). The van der Waals surface area contributed by atoms with Gasteiger partial charge in [-0.1, -0.05) is 19.1 Å². The number of likely N-dealkylation sites (N-methyl/N-ethyl adjacent to an activating group) is 1. The van der Waals surface area contributed by atoms with Gasteiger partial charge >= 0.3 is 5.69 Å². The molecule has 10 heteroatoms. The van der Waals surface area contributed by atoms with Crippen LogP contribution in [0.4, 0.5) is 5.95 Å². The third-order valence-electron chi connectivity index (χ3n) is 6.26. The first-order valence-corrected chi connectivity index (χ1v) is 11.3. The lowest BCUT2D eigenvalue weighted by atomic mass is 10.2. The predicted octanol–water partition coefficient (Wildman–Crippen LogP) is 0.324. The highest BCUT2D eigenvalue weighted by Crippen LogP contribution is 2.22. The van der Waals surface area contributed by atoms with E-state index in [0.717, 1.165) is 42.9 Å². The van der Waals surface area contributed by atoms with Crippen molar-refractivity contribution in [1.29, 1.82) is 0 Å². The summed E-state index contributed by atoms with van der Waals surface area (Å²) >= 11 is 0. The van der Waals surface area contributed by atoms with Gasteiger partial charge in [0.2, 0.25) is 5.95 Å². The van der Waals surface area contributed by atoms with Crippen LogP contribution in [0.5, 0.6) is 5.75 Å². The molecule has 1 fully saturated rings. The Morgan fingerprint density at radius 1 is 1.12 bits per heavy atom. The Hall–Kier alpha value is -3.11. The number of rotatable bonds is 7. The minimum Gasteiger partial charge on any atom is -0.491 e. The molecule has 0 amide bonds. The number of benzene rings is 1. The highest BCUT2D eigenvalue weighted by Gasteiger charge is 2.26. The molecule has 3 heterocycles. The number of nitrogens with zero attached hydrogens (tertiary/aromatic N) is 6. The van der Waals surface area contributed by atoms with E-state index in [2.05, 4.69) is 16.7 Å². The van der Waals surface area contributed by atoms with Crippen LogP contribution in [0.1, 0.15) is 12.5 Å². The molecule has 10 nitrogen and oxygen atoms in total. The second kappa shape index (κ2) is 9.40. The molecule has 0 bridgehead atoms. The molecular weight excluding hydrogens is 424 g/mol. The van der Waals surface area contributed by atoms with E-state index in [-0.39, 0.29) is 13.2 Å². The Morgan fingerprint density at radius 2 is 1.85 bits per heavy atom. The van der Waals surface area contributed by atoms with Gasteiger partial charge in [0.25, 0.3) is 5.56 Å². The van der Waals surface area contributed by atoms with Crippen molar-refractivity contribution >= 4 is 17.1 Å². The molecule has 0 aliphatic carbocycles. The van der Waals surface area contributed by atoms with Crippen molar-refractivity contribution in [3.8, 4) is 5.75 Å². The first-order chi connectivity index (χ1) is 15.8. The van der Waals surface area contributed by atoms with E-state index in [4.69, 9.17) is 9.72 Å². The first kappa shape index (κ1) is 23.1. The van der Waals surface area contributed by atoms with Crippen molar-refractivity contribution in [2.45, 2.75) is 26.5 Å². The molecule has 1 aromatic carbocycles. The largest absolute Gasteiger partial charge is 0.491 e. The number of hydrogen-bond acceptors (Lipinski definition) is 7. The van der Waals surface area contributed by atoms with Gasteiger partial charge in [0.1, 0.15) is 18.5 Å². The number of aromatic nitrogens is 4. The van der Waals surface area contributed by atoms with Crippen LogP contribution in [0, 0.1) is 6.92 Å². The second-order valence-electron chi connectivity index (χ2n) is 8.60. The Kier molecular flexibility index (Phi) is 6.57. The lowest BCUT2D eigenvalue weighted by Crippen LogP contribution is -2.47. The van der Waals surface area contributed by atoms with Crippen molar-refractivity contribution in [3.05, 3.63) is 50.7 Å². The summed E-state index contributed by atoms with van der Waals surface area (Å²) in [7, 11) is 3.07. The molecule has 1 saturated heterocycles. The fraction of sp³-hybridized carbons (Fsp3) is 0.522. The minimum atomic E-state index is -0.875. The van der Waals surface area contributed by atoms with Gasteiger partial charge in [-0.15, -0.1) is 0 Å². The summed E-state index contributed by atoms with van der Waals surface area (Å²) in [6, 6.07) is 7.63. The van der Waals surface area contributed by atoms with Crippen LogP contribution < -0.4 is 20.9 Å². The van der Waals surface area contributed by atoms with Gasteiger partial charge in [-0.2, -0.15) is 4.98 Å². The summed E-state index contributed by atoms with van der Waals surface area (Å²) in [5.74, 6) is 1.27. The lowest BCUT2D eigenvalue weighted by Gasteiger charge is -2.35. The highest BCUT2D eigenvalue weighted by molar-refractivity contribution is 5.74. The quantitative estimate of drug-likeness (QED) is 0.547. The standard InChI is InChI=1S/C23H32N6O4/c1-5-27-9-11-28(12-10-27)22-24-20-19(21(31)26(4)23(32)25(20)3)29(22)14-17(30)15-33-18-8-6-7-16(2)13-18/h6-8,13,17,30H,5,9-12,14-15H2,1-4H3/t17-/m1/s1. The number of aliphatic hydroxyl groups excluding tert-OH is 1. The van der Waals surface area contributed by atoms with Crippen molar-refractivity contribution in [1.82, 2.24) is 23.6 Å². The Balaban J connectivity index is 1.68. The van der Waals surface area contributed by atoms with E-state index in [1.807, 2.05) is 31.2 Å². The third kappa shape index (κ3) is 4.53. The average molecular weight is 457 g/mol. The molecule has 3 aromatic rings. The van der Waals surface area contributed by atoms with Gasteiger partial charge in [0, 0.05) is 40.3 Å². The third-order valence-corrected chi connectivity index (χ3v) is 6.26. The highest BCUT2D eigenvalue weighted by atomic mass is 16.5. The number of anilines is 1. The SMILES string of the molecule is CCN1CCN(c2nc3c(c(=O)n(C)c(=O)n3C)n2C[C@@H](O)COc2cccc(C)c2)CC1. The molecule has 0 saturated carbocycles. The number of imidazole rings is 1. The van der Waals surface area contributed by atoms with Crippen LogP contribution in [0.2, 0.25) is 0 Å². The molecule has 0 unspecified atom stereocenters. The zero-order chi connectivity index (χ0) is 23.7. The number of aliphatic hydroxyl groups is 1. The lowest BCUT2D eigenvalue weighted by molar-refractivity contribution is 0.0935. The van der Waals surface area contributed by atoms with Gasteiger partial charge in [-0.3, -0.25) is 13.9 Å². The number of ether oxygens (including phenoxy) is 1. The van der Waals surface area contributed by atoms with Crippen LogP contribution in [0.15, 0.2) is 33.9 Å². The van der Waals surface area contributed by atoms with Crippen LogP contribution in [-0.2, 0) is 20.6 Å². The summed E-state index contributed by atoms with van der Waals surface area (Å²) in [4.78, 5) is 34.7. The maximum absolute atomic E-state index is 13.1. The second-order valence-corrected chi connectivity index (χ2v) is 8.60. The Bertz CT molecular complexity index is 1250. The van der Waals surface area contributed by atoms with E-state index in [1.54, 1.807) is 11.6 Å². The summed E-state index contributed by atoms with van der Waals surface area (Å²) < 4.78 is 9.98. The predicted molar refractivity (Wildman–Crippen MR) is 127 cm³/mol. The molecule has 1 aliphatic rings. The molecule has 0 spiro atoms. The Morgan fingerprint density at radius 3 is 2.52 bits per heavy atom. The average Bonchev–Trinajstić information content (AvgIpc) is 3.19. The smallest absolute Gasteiger partial charge is 0.332 e. The molecule has 0 radical (unpaired) electrons. The molecule has 178 valence electrons. The van der Waals surface area contributed by atoms with E-state index in [9.17, 15) is 14.7 Å². The minimum absolute atomic E-state index is 0.0677. The van der Waals surface area contributed by atoms with Crippen LogP contribution in [0.25, 0.3) is 11.2 Å². The van der Waals surface area contributed by atoms with E-state index >= 15 is 0 Å². The van der Waals surface area contributed by atoms with Crippen LogP contribution in [0.3, 0.4) is 0 Å². The Labute approximate surface area is 192 Å². The normalized spacial score (nSPS) is 15.8. The van der Waals surface area contributed by atoms with Crippen molar-refractivity contribution in [3.63, 3.8) is 0 Å². The monoisotopic (exact) mass is 456 g/mol. The van der Waals surface area contributed by atoms with Gasteiger partial charge in [-0.05, 0) is 31.2 Å². The van der Waals surface area contributed by atoms with Gasteiger partial charge in [-0.25, -0.2) is 4.79 Å². The summed E-state index contributed by atoms with van der Waals surface area (Å²) in [5.41, 5.74) is 0.846. The molecule has 33 heavy (non-hydrogen) atoms. The molecule has 1 atom stereocenters. The maximum atomic E-state index is 13.1. The van der Waals surface area contributed by atoms with Gasteiger partial charge in [0.15, 0.2) is 11.2 Å². The number of aryl methyl sites for hydroxylation is 2. The van der Waals surface area contributed by atoms with Crippen molar-refractivity contribution in [2.24, 2.45) is 14.1 Å². The van der Waals surface area contributed by atoms with Gasteiger partial charge in [0.05, 0.1) is 6.54 Å². The molecule has 1 aliphatic heterocycles. The van der Waals surface area contributed by atoms with Crippen LogP contribution >= 0.6 is 0 Å². The number of fused-ring (bicyclic) bond motifs is 1.